The van der Waals surface area contributed by atoms with Crippen molar-refractivity contribution in [3.05, 3.63) is 81.8 Å². The highest BCUT2D eigenvalue weighted by Gasteiger charge is 2.21. The molecule has 0 spiro atoms. The first kappa shape index (κ1) is 22.0. The van der Waals surface area contributed by atoms with Gasteiger partial charge in [-0.15, -0.1) is 0 Å². The summed E-state index contributed by atoms with van der Waals surface area (Å²) < 4.78 is 33.2. The molecule has 0 bridgehead atoms. The Bertz CT molecular complexity index is 1200. The van der Waals surface area contributed by atoms with E-state index in [9.17, 15) is 13.2 Å². The minimum Gasteiger partial charge on any atom is -0.497 e. The second kappa shape index (κ2) is 8.95. The molecule has 30 heavy (non-hydrogen) atoms. The second-order valence-electron chi connectivity index (χ2n) is 6.39. The average molecular weight is 465 g/mol. The Morgan fingerprint density at radius 2 is 1.67 bits per heavy atom. The molecule has 0 atom stereocenters. The fourth-order valence-corrected chi connectivity index (χ4v) is 4.40. The zero-order chi connectivity index (χ0) is 21.9. The largest absolute Gasteiger partial charge is 0.497 e. The number of carbonyl (C=O) groups is 1. The molecule has 0 aromatic heterocycles. The van der Waals surface area contributed by atoms with Gasteiger partial charge in [0.1, 0.15) is 10.6 Å². The molecule has 0 radical (unpaired) electrons. The van der Waals surface area contributed by atoms with Crippen LogP contribution in [0.15, 0.2) is 65.6 Å². The topological polar surface area (TPSA) is 84.5 Å². The predicted octanol–water partition coefficient (Wildman–Crippen LogP) is 5.36. The van der Waals surface area contributed by atoms with Crippen molar-refractivity contribution < 1.29 is 17.9 Å². The van der Waals surface area contributed by atoms with E-state index >= 15 is 0 Å². The molecular formula is C21H18Cl2N2O4S. The number of ether oxygens (including phenoxy) is 1. The van der Waals surface area contributed by atoms with Gasteiger partial charge in [-0.3, -0.25) is 9.52 Å². The van der Waals surface area contributed by atoms with Gasteiger partial charge in [-0.05, 0) is 67.1 Å². The number of aryl methyl sites for hydroxylation is 1. The number of nitrogens with one attached hydrogen (secondary N) is 2. The minimum atomic E-state index is -4.03. The lowest BCUT2D eigenvalue weighted by molar-refractivity contribution is 0.102. The van der Waals surface area contributed by atoms with E-state index in [4.69, 9.17) is 27.9 Å². The van der Waals surface area contributed by atoms with Crippen LogP contribution >= 0.6 is 23.2 Å². The Morgan fingerprint density at radius 1 is 0.967 bits per heavy atom. The zero-order valence-electron chi connectivity index (χ0n) is 16.1. The van der Waals surface area contributed by atoms with Crippen molar-refractivity contribution in [2.45, 2.75) is 11.8 Å². The molecule has 3 aromatic rings. The number of methoxy groups -OCH3 is 1. The number of amides is 1. The second-order valence-corrected chi connectivity index (χ2v) is 8.89. The van der Waals surface area contributed by atoms with Crippen LogP contribution in [0.2, 0.25) is 10.0 Å². The Kier molecular flexibility index (Phi) is 6.55. The lowest BCUT2D eigenvalue weighted by atomic mass is 10.1. The molecule has 1 amide bonds. The number of hydrogen-bond acceptors (Lipinski definition) is 4. The van der Waals surface area contributed by atoms with Gasteiger partial charge >= 0.3 is 0 Å². The molecule has 0 unspecified atom stereocenters. The van der Waals surface area contributed by atoms with E-state index in [2.05, 4.69) is 10.0 Å². The Balaban J connectivity index is 1.88. The lowest BCUT2D eigenvalue weighted by Crippen LogP contribution is -2.16. The van der Waals surface area contributed by atoms with Gasteiger partial charge in [-0.25, -0.2) is 8.42 Å². The van der Waals surface area contributed by atoms with Gasteiger partial charge in [0.25, 0.3) is 15.9 Å². The van der Waals surface area contributed by atoms with Gasteiger partial charge in [0.05, 0.1) is 12.1 Å². The molecule has 0 fully saturated rings. The molecule has 2 N–H and O–H groups in total. The first-order valence-corrected chi connectivity index (χ1v) is 11.0. The maximum atomic E-state index is 12.8. The number of sulfonamides is 1. The molecule has 0 heterocycles. The standard InChI is InChI=1S/C21H18Cl2N2O4S/c1-13-3-5-15(22)12-19(13)24-21(26)14-4-10-18(23)20(11-14)30(27,28)25-16-6-8-17(29-2)9-7-16/h3-12,25H,1-2H3,(H,24,26). The number of rotatable bonds is 6. The van der Waals surface area contributed by atoms with E-state index in [-0.39, 0.29) is 15.5 Å². The Hall–Kier alpha value is -2.74. The maximum Gasteiger partial charge on any atom is 0.263 e. The summed E-state index contributed by atoms with van der Waals surface area (Å²) >= 11 is 12.1. The predicted molar refractivity (Wildman–Crippen MR) is 119 cm³/mol. The van der Waals surface area contributed by atoms with Crippen LogP contribution in [0.25, 0.3) is 0 Å². The normalized spacial score (nSPS) is 11.1. The first-order valence-electron chi connectivity index (χ1n) is 8.73. The van der Waals surface area contributed by atoms with Crippen molar-refractivity contribution >= 4 is 50.5 Å². The quantitative estimate of drug-likeness (QED) is 0.513. The van der Waals surface area contributed by atoms with Gasteiger partial charge in [-0.1, -0.05) is 29.3 Å². The summed E-state index contributed by atoms with van der Waals surface area (Å²) in [5, 5.41) is 3.20. The van der Waals surface area contributed by atoms with Gasteiger partial charge < -0.3 is 10.1 Å². The zero-order valence-corrected chi connectivity index (χ0v) is 18.4. The average Bonchev–Trinajstić information content (AvgIpc) is 2.71. The summed E-state index contributed by atoms with van der Waals surface area (Å²) in [6, 6.07) is 15.5. The molecule has 3 rings (SSSR count). The molecule has 0 aliphatic carbocycles. The summed E-state index contributed by atoms with van der Waals surface area (Å²) in [7, 11) is -2.52. The van der Waals surface area contributed by atoms with E-state index in [1.165, 1.54) is 25.3 Å². The van der Waals surface area contributed by atoms with Crippen LogP contribution in [0.3, 0.4) is 0 Å². The summed E-state index contributed by atoms with van der Waals surface area (Å²) in [5.74, 6) is 0.101. The first-order chi connectivity index (χ1) is 14.2. The van der Waals surface area contributed by atoms with Gasteiger partial charge in [0.2, 0.25) is 0 Å². The minimum absolute atomic E-state index is 0.00787. The fourth-order valence-electron chi connectivity index (χ4n) is 2.64. The van der Waals surface area contributed by atoms with E-state index in [0.717, 1.165) is 5.56 Å². The highest BCUT2D eigenvalue weighted by Crippen LogP contribution is 2.27. The third kappa shape index (κ3) is 5.05. The molecule has 6 nitrogen and oxygen atoms in total. The van der Waals surface area contributed by atoms with E-state index in [0.29, 0.717) is 22.1 Å². The number of anilines is 2. The molecule has 0 aliphatic heterocycles. The van der Waals surface area contributed by atoms with Gasteiger partial charge in [0.15, 0.2) is 0 Å². The molecular weight excluding hydrogens is 447 g/mol. The van der Waals surface area contributed by atoms with Crippen LogP contribution in [0.5, 0.6) is 5.75 Å². The number of benzene rings is 3. The summed E-state index contributed by atoms with van der Waals surface area (Å²) in [5.41, 5.74) is 1.81. The molecule has 3 aromatic carbocycles. The molecule has 0 aliphatic rings. The Labute approximate surface area is 184 Å². The monoisotopic (exact) mass is 464 g/mol. The maximum absolute atomic E-state index is 12.8. The third-order valence-electron chi connectivity index (χ3n) is 4.27. The van der Waals surface area contributed by atoms with Crippen molar-refractivity contribution in [2.75, 3.05) is 17.1 Å². The van der Waals surface area contributed by atoms with E-state index in [1.54, 1.807) is 42.5 Å². The summed E-state index contributed by atoms with van der Waals surface area (Å²) in [4.78, 5) is 12.5. The van der Waals surface area contributed by atoms with Crippen LogP contribution in [0.4, 0.5) is 11.4 Å². The van der Waals surface area contributed by atoms with Crippen molar-refractivity contribution in [1.29, 1.82) is 0 Å². The van der Waals surface area contributed by atoms with Crippen molar-refractivity contribution in [1.82, 2.24) is 0 Å². The fraction of sp³-hybridized carbons (Fsp3) is 0.0952. The smallest absolute Gasteiger partial charge is 0.263 e. The van der Waals surface area contributed by atoms with Crippen molar-refractivity contribution in [3.63, 3.8) is 0 Å². The van der Waals surface area contributed by atoms with Gasteiger partial charge in [-0.2, -0.15) is 0 Å². The van der Waals surface area contributed by atoms with Crippen molar-refractivity contribution in [2.24, 2.45) is 0 Å². The van der Waals surface area contributed by atoms with Gasteiger partial charge in [0, 0.05) is 22.0 Å². The van der Waals surface area contributed by atoms with Crippen LogP contribution < -0.4 is 14.8 Å². The molecule has 9 heteroatoms. The van der Waals surface area contributed by atoms with Crippen LogP contribution in [0, 0.1) is 6.92 Å². The van der Waals surface area contributed by atoms with E-state index < -0.39 is 15.9 Å². The number of hydrogen-bond donors (Lipinski definition) is 2. The molecule has 0 saturated carbocycles. The summed E-state index contributed by atoms with van der Waals surface area (Å²) in [6.07, 6.45) is 0. The lowest BCUT2D eigenvalue weighted by Gasteiger charge is -2.12. The summed E-state index contributed by atoms with van der Waals surface area (Å²) in [6.45, 7) is 1.82. The number of carbonyl (C=O) groups excluding carboxylic acids is 1. The highest BCUT2D eigenvalue weighted by molar-refractivity contribution is 7.92. The highest BCUT2D eigenvalue weighted by atomic mass is 35.5. The number of halogens is 2. The molecule has 156 valence electrons. The van der Waals surface area contributed by atoms with Crippen LogP contribution in [0.1, 0.15) is 15.9 Å². The van der Waals surface area contributed by atoms with Crippen LogP contribution in [-0.4, -0.2) is 21.4 Å². The SMILES string of the molecule is COc1ccc(NS(=O)(=O)c2cc(C(=O)Nc3cc(Cl)ccc3C)ccc2Cl)cc1. The Morgan fingerprint density at radius 3 is 2.33 bits per heavy atom. The third-order valence-corrected chi connectivity index (χ3v) is 6.37. The van der Waals surface area contributed by atoms with E-state index in [1.807, 2.05) is 6.92 Å². The van der Waals surface area contributed by atoms with Crippen LogP contribution in [-0.2, 0) is 10.0 Å². The van der Waals surface area contributed by atoms with Crippen molar-refractivity contribution in [3.8, 4) is 5.75 Å². The molecule has 0 saturated heterocycles.